The molecular formula is C20H28FN3O2S. The molecule has 1 saturated heterocycles. The van der Waals surface area contributed by atoms with Gasteiger partial charge in [-0.3, -0.25) is 0 Å². The minimum Gasteiger partial charge on any atom is -0.444 e. The van der Waals surface area contributed by atoms with Gasteiger partial charge in [0.1, 0.15) is 11.4 Å². The van der Waals surface area contributed by atoms with Crippen molar-refractivity contribution in [2.75, 3.05) is 31.1 Å². The van der Waals surface area contributed by atoms with Crippen molar-refractivity contribution in [3.63, 3.8) is 0 Å². The Morgan fingerprint density at radius 3 is 2.78 bits per heavy atom. The second kappa shape index (κ2) is 9.34. The largest absolute Gasteiger partial charge is 0.444 e. The Morgan fingerprint density at radius 1 is 1.41 bits per heavy atom. The van der Waals surface area contributed by atoms with E-state index in [-0.39, 0.29) is 17.7 Å². The first-order valence-electron chi connectivity index (χ1n) is 9.14. The van der Waals surface area contributed by atoms with Crippen molar-refractivity contribution >= 4 is 23.7 Å². The number of nitrogens with zero attached hydrogens (tertiary/aromatic N) is 2. The van der Waals surface area contributed by atoms with Crippen molar-refractivity contribution in [1.29, 1.82) is 0 Å². The number of halogens is 1. The van der Waals surface area contributed by atoms with Gasteiger partial charge >= 0.3 is 6.09 Å². The summed E-state index contributed by atoms with van der Waals surface area (Å²) >= 11 is 1.70. The predicted molar refractivity (Wildman–Crippen MR) is 109 cm³/mol. The number of nitrogen functional groups attached to an aromatic ring is 1. The number of benzene rings is 1. The summed E-state index contributed by atoms with van der Waals surface area (Å²) in [6, 6.07) is 4.31. The number of anilines is 1. The van der Waals surface area contributed by atoms with E-state index in [1.807, 2.05) is 20.8 Å². The van der Waals surface area contributed by atoms with Crippen LogP contribution in [0.15, 0.2) is 18.2 Å². The molecule has 1 aromatic rings. The minimum absolute atomic E-state index is 0.201. The van der Waals surface area contributed by atoms with E-state index in [2.05, 4.69) is 23.1 Å². The van der Waals surface area contributed by atoms with Crippen LogP contribution in [0.4, 0.5) is 14.9 Å². The van der Waals surface area contributed by atoms with Crippen molar-refractivity contribution in [2.24, 2.45) is 0 Å². The molecule has 0 radical (unpaired) electrons. The van der Waals surface area contributed by atoms with E-state index in [1.165, 1.54) is 6.07 Å². The van der Waals surface area contributed by atoms with Crippen LogP contribution in [0.1, 0.15) is 39.7 Å². The van der Waals surface area contributed by atoms with E-state index in [4.69, 9.17) is 10.5 Å². The average Bonchev–Trinajstić information content (AvgIpc) is 2.58. The highest BCUT2D eigenvalue weighted by Gasteiger charge is 2.31. The zero-order valence-electron chi connectivity index (χ0n) is 16.4. The summed E-state index contributed by atoms with van der Waals surface area (Å²) in [6.45, 7) is 9.31. The second-order valence-corrected chi connectivity index (χ2v) is 8.52. The number of ether oxygens (including phenoxy) is 1. The van der Waals surface area contributed by atoms with Crippen molar-refractivity contribution in [3.8, 4) is 11.8 Å². The van der Waals surface area contributed by atoms with E-state index in [0.717, 1.165) is 12.2 Å². The lowest BCUT2D eigenvalue weighted by Crippen LogP contribution is -2.52. The molecule has 0 saturated carbocycles. The van der Waals surface area contributed by atoms with Gasteiger partial charge in [0, 0.05) is 18.8 Å². The fourth-order valence-electron chi connectivity index (χ4n) is 2.57. The molecule has 148 valence electrons. The smallest absolute Gasteiger partial charge is 0.410 e. The van der Waals surface area contributed by atoms with Crippen LogP contribution in [-0.4, -0.2) is 52.3 Å². The van der Waals surface area contributed by atoms with Crippen LogP contribution in [0.5, 0.6) is 0 Å². The number of hydrogen-bond donors (Lipinski definition) is 1. The number of carbonyl (C=O) groups is 1. The second-order valence-electron chi connectivity index (χ2n) is 7.39. The molecule has 5 nitrogen and oxygen atoms in total. The summed E-state index contributed by atoms with van der Waals surface area (Å²) < 4.78 is 21.6. The molecule has 27 heavy (non-hydrogen) atoms. The van der Waals surface area contributed by atoms with E-state index < -0.39 is 11.4 Å². The quantitative estimate of drug-likeness (QED) is 0.482. The molecule has 1 heterocycles. The summed E-state index contributed by atoms with van der Waals surface area (Å²) in [5, 5.41) is 0. The van der Waals surface area contributed by atoms with Crippen LogP contribution in [0.3, 0.4) is 0 Å². The molecule has 1 aromatic carbocycles. The lowest BCUT2D eigenvalue weighted by molar-refractivity contribution is 0.0170. The Labute approximate surface area is 165 Å². The molecule has 1 aliphatic heterocycles. The van der Waals surface area contributed by atoms with Gasteiger partial charge in [-0.15, -0.1) is 0 Å². The summed E-state index contributed by atoms with van der Waals surface area (Å²) in [6.07, 6.45) is 0.692. The SMILES string of the molecule is CCCSN1CCN(C(=O)OC(C)(C)C)C[C@@H]1C#Cc1c(N)cccc1F. The van der Waals surface area contributed by atoms with Gasteiger partial charge in [-0.05, 0) is 39.3 Å². The first kappa shape index (κ1) is 21.4. The van der Waals surface area contributed by atoms with Crippen molar-refractivity contribution in [2.45, 2.75) is 45.8 Å². The molecule has 1 aliphatic rings. The highest BCUT2D eigenvalue weighted by Crippen LogP contribution is 2.22. The van der Waals surface area contributed by atoms with Crippen molar-refractivity contribution in [1.82, 2.24) is 9.21 Å². The number of piperazine rings is 1. The first-order valence-corrected chi connectivity index (χ1v) is 10.1. The summed E-state index contributed by atoms with van der Waals surface area (Å²) in [5.41, 5.74) is 5.82. The van der Waals surface area contributed by atoms with Gasteiger partial charge in [0.25, 0.3) is 0 Å². The Kier molecular flexibility index (Phi) is 7.40. The molecule has 1 fully saturated rings. The normalized spacial score (nSPS) is 18.0. The molecule has 1 atom stereocenters. The molecule has 1 amide bonds. The standard InChI is InChI=1S/C20H28FN3O2S/c1-5-13-27-24-12-11-23(19(25)26-20(2,3)4)14-15(24)9-10-16-17(21)7-6-8-18(16)22/h6-8,15H,5,11-14,22H2,1-4H3/t15-/m0/s1. The third kappa shape index (κ3) is 6.33. The minimum atomic E-state index is -0.548. The summed E-state index contributed by atoms with van der Waals surface area (Å²) in [7, 11) is 0. The van der Waals surface area contributed by atoms with Crippen LogP contribution in [0.25, 0.3) is 0 Å². The average molecular weight is 394 g/mol. The van der Waals surface area contributed by atoms with Crippen molar-refractivity contribution in [3.05, 3.63) is 29.6 Å². The summed E-state index contributed by atoms with van der Waals surface area (Å²) in [5.74, 6) is 6.52. The Hall–Kier alpha value is -1.91. The molecule has 7 heteroatoms. The van der Waals surface area contributed by atoms with Crippen LogP contribution >= 0.6 is 11.9 Å². The number of nitrogens with two attached hydrogens (primary N) is 1. The molecule has 0 spiro atoms. The molecule has 0 unspecified atom stereocenters. The van der Waals surface area contributed by atoms with Gasteiger partial charge in [-0.1, -0.05) is 36.8 Å². The van der Waals surface area contributed by atoms with Gasteiger partial charge in [0.2, 0.25) is 0 Å². The monoisotopic (exact) mass is 393 g/mol. The third-order valence-electron chi connectivity index (χ3n) is 3.85. The molecule has 2 N–H and O–H groups in total. The van der Waals surface area contributed by atoms with Gasteiger partial charge in [0.15, 0.2) is 0 Å². The molecule has 0 aromatic heterocycles. The van der Waals surface area contributed by atoms with Gasteiger partial charge in [-0.25, -0.2) is 13.5 Å². The Bertz CT molecular complexity index is 704. The van der Waals surface area contributed by atoms with Crippen LogP contribution in [-0.2, 0) is 4.74 Å². The molecular weight excluding hydrogens is 365 g/mol. The van der Waals surface area contributed by atoms with Gasteiger partial charge < -0.3 is 15.4 Å². The molecule has 2 rings (SSSR count). The fraction of sp³-hybridized carbons (Fsp3) is 0.550. The molecule has 0 aliphatic carbocycles. The van der Waals surface area contributed by atoms with Gasteiger partial charge in [0.05, 0.1) is 23.8 Å². The predicted octanol–water partition coefficient (Wildman–Crippen LogP) is 3.74. The fourth-order valence-corrected chi connectivity index (χ4v) is 3.49. The maximum absolute atomic E-state index is 14.0. The van der Waals surface area contributed by atoms with E-state index >= 15 is 0 Å². The lowest BCUT2D eigenvalue weighted by atomic mass is 10.1. The Morgan fingerprint density at radius 2 is 2.15 bits per heavy atom. The van der Waals surface area contributed by atoms with E-state index in [9.17, 15) is 9.18 Å². The summed E-state index contributed by atoms with van der Waals surface area (Å²) in [4.78, 5) is 14.1. The van der Waals surface area contributed by atoms with Gasteiger partial charge in [-0.2, -0.15) is 0 Å². The third-order valence-corrected chi connectivity index (χ3v) is 5.21. The highest BCUT2D eigenvalue weighted by molar-refractivity contribution is 7.97. The van der Waals surface area contributed by atoms with E-state index in [0.29, 0.717) is 25.3 Å². The van der Waals surface area contributed by atoms with Crippen LogP contribution < -0.4 is 5.73 Å². The first-order chi connectivity index (χ1) is 12.7. The highest BCUT2D eigenvalue weighted by atomic mass is 32.2. The van der Waals surface area contributed by atoms with E-state index in [1.54, 1.807) is 29.0 Å². The van der Waals surface area contributed by atoms with Crippen LogP contribution in [0.2, 0.25) is 0 Å². The van der Waals surface area contributed by atoms with Crippen molar-refractivity contribution < 1.29 is 13.9 Å². The Balaban J connectivity index is 2.19. The molecule has 0 bridgehead atoms. The number of carbonyl (C=O) groups excluding carboxylic acids is 1. The zero-order valence-corrected chi connectivity index (χ0v) is 17.2. The maximum Gasteiger partial charge on any atom is 0.410 e. The topological polar surface area (TPSA) is 58.8 Å². The maximum atomic E-state index is 14.0. The zero-order chi connectivity index (χ0) is 20.0. The number of rotatable bonds is 3. The van der Waals surface area contributed by atoms with Crippen LogP contribution in [0, 0.1) is 17.7 Å². The lowest BCUT2D eigenvalue weighted by Gasteiger charge is -2.38. The number of hydrogen-bond acceptors (Lipinski definition) is 5. The number of amides is 1.